The van der Waals surface area contributed by atoms with E-state index in [9.17, 15) is 0 Å². The van der Waals surface area contributed by atoms with E-state index in [1.807, 2.05) is 13.0 Å². The lowest BCUT2D eigenvalue weighted by atomic mass is 9.96. The van der Waals surface area contributed by atoms with Gasteiger partial charge in [-0.25, -0.2) is 0 Å². The molecule has 44 heavy (non-hydrogen) atoms. The summed E-state index contributed by atoms with van der Waals surface area (Å²) in [4.78, 5) is 0. The third-order valence-electron chi connectivity index (χ3n) is 8.29. The summed E-state index contributed by atoms with van der Waals surface area (Å²) >= 11 is 0. The number of hydrogen-bond acceptors (Lipinski definition) is 1. The van der Waals surface area contributed by atoms with Crippen LogP contribution < -0.4 is 5.73 Å². The van der Waals surface area contributed by atoms with E-state index in [0.717, 1.165) is 11.1 Å². The van der Waals surface area contributed by atoms with E-state index in [0.29, 0.717) is 0 Å². The number of benzene rings is 6. The molecule has 2 N–H and O–H groups in total. The van der Waals surface area contributed by atoms with Gasteiger partial charge in [-0.2, -0.15) is 0 Å². The maximum absolute atomic E-state index is 5.05. The van der Waals surface area contributed by atoms with Gasteiger partial charge in [0.2, 0.25) is 0 Å². The van der Waals surface area contributed by atoms with Crippen LogP contribution in [-0.2, 0) is 0 Å². The van der Waals surface area contributed by atoms with Crippen molar-refractivity contribution >= 4 is 48.9 Å². The maximum atomic E-state index is 5.05. The SMILES string of the molecule is C=C/C(=C\C)c1ccc2cc(-c3ccc4c(ccc5c6ccccc6n(-c6ccccc6)c45)c3)ccc2c1.C=C/C(C)=C\N. The highest BCUT2D eigenvalue weighted by Crippen LogP contribution is 2.38. The Morgan fingerprint density at radius 2 is 1.27 bits per heavy atom. The van der Waals surface area contributed by atoms with Crippen molar-refractivity contribution in [1.29, 1.82) is 0 Å². The summed E-state index contributed by atoms with van der Waals surface area (Å²) in [5, 5.41) is 7.55. The molecule has 0 aliphatic rings. The Labute approximate surface area is 259 Å². The fourth-order valence-corrected chi connectivity index (χ4v) is 5.89. The highest BCUT2D eigenvalue weighted by Gasteiger charge is 2.15. The molecule has 0 aliphatic carbocycles. The van der Waals surface area contributed by atoms with Crippen molar-refractivity contribution < 1.29 is 0 Å². The van der Waals surface area contributed by atoms with Crippen LogP contribution in [0.5, 0.6) is 0 Å². The van der Waals surface area contributed by atoms with E-state index >= 15 is 0 Å². The van der Waals surface area contributed by atoms with Crippen LogP contribution in [0.3, 0.4) is 0 Å². The quantitative estimate of drug-likeness (QED) is 0.206. The molecule has 0 amide bonds. The van der Waals surface area contributed by atoms with E-state index < -0.39 is 0 Å². The molecule has 0 saturated carbocycles. The molecule has 2 nitrogen and oxygen atoms in total. The summed E-state index contributed by atoms with van der Waals surface area (Å²) in [6.45, 7) is 11.4. The Morgan fingerprint density at radius 3 is 1.98 bits per heavy atom. The largest absolute Gasteiger partial charge is 0.404 e. The zero-order chi connectivity index (χ0) is 30.6. The average Bonchev–Trinajstić information content (AvgIpc) is 3.43. The van der Waals surface area contributed by atoms with Gasteiger partial charge in [0.05, 0.1) is 11.0 Å². The summed E-state index contributed by atoms with van der Waals surface area (Å²) in [6.07, 6.45) is 7.25. The van der Waals surface area contributed by atoms with Crippen LogP contribution in [0.4, 0.5) is 0 Å². The minimum Gasteiger partial charge on any atom is -0.404 e. The van der Waals surface area contributed by atoms with Gasteiger partial charge < -0.3 is 10.3 Å². The zero-order valence-electron chi connectivity index (χ0n) is 25.3. The minimum absolute atomic E-state index is 1.01. The fourth-order valence-electron chi connectivity index (χ4n) is 5.89. The molecule has 2 heteroatoms. The molecule has 0 saturated heterocycles. The van der Waals surface area contributed by atoms with Crippen LogP contribution in [0, 0.1) is 0 Å². The number of aromatic nitrogens is 1. The lowest BCUT2D eigenvalue weighted by Gasteiger charge is -2.11. The minimum atomic E-state index is 1.01. The van der Waals surface area contributed by atoms with Gasteiger partial charge in [-0.3, -0.25) is 0 Å². The number of hydrogen-bond donors (Lipinski definition) is 1. The van der Waals surface area contributed by atoms with Gasteiger partial charge in [0.1, 0.15) is 0 Å². The third kappa shape index (κ3) is 5.23. The molecule has 6 aromatic carbocycles. The zero-order valence-corrected chi connectivity index (χ0v) is 25.3. The summed E-state index contributed by atoms with van der Waals surface area (Å²) in [6, 6.07) is 44.2. The highest BCUT2D eigenvalue weighted by molar-refractivity contribution is 6.19. The van der Waals surface area contributed by atoms with Crippen molar-refractivity contribution in [2.45, 2.75) is 13.8 Å². The molecule has 0 aliphatic heterocycles. The maximum Gasteiger partial charge on any atom is 0.0619 e. The molecule has 0 spiro atoms. The summed E-state index contributed by atoms with van der Waals surface area (Å²) in [7, 11) is 0. The average molecular weight is 569 g/mol. The first kappa shape index (κ1) is 28.5. The molecule has 0 fully saturated rings. The topological polar surface area (TPSA) is 30.9 Å². The van der Waals surface area contributed by atoms with Crippen LogP contribution in [0.2, 0.25) is 0 Å². The van der Waals surface area contributed by atoms with Crippen molar-refractivity contribution in [1.82, 2.24) is 4.57 Å². The molecule has 0 radical (unpaired) electrons. The number of nitrogens with two attached hydrogens (primary N) is 1. The Kier molecular flexibility index (Phi) is 7.99. The van der Waals surface area contributed by atoms with Gasteiger partial charge in [0.15, 0.2) is 0 Å². The normalized spacial score (nSPS) is 12.0. The number of allylic oxidation sites excluding steroid dienone is 5. The molecule has 7 aromatic rings. The molecule has 0 unspecified atom stereocenters. The van der Waals surface area contributed by atoms with Crippen LogP contribution in [0.1, 0.15) is 19.4 Å². The van der Waals surface area contributed by atoms with E-state index in [1.54, 1.807) is 6.08 Å². The van der Waals surface area contributed by atoms with E-state index in [2.05, 4.69) is 152 Å². The summed E-state index contributed by atoms with van der Waals surface area (Å²) < 4.78 is 2.41. The number of nitrogens with zero attached hydrogens (tertiary/aromatic N) is 1. The van der Waals surface area contributed by atoms with Gasteiger partial charge in [0, 0.05) is 21.8 Å². The van der Waals surface area contributed by atoms with Gasteiger partial charge >= 0.3 is 0 Å². The molecule has 0 atom stereocenters. The van der Waals surface area contributed by atoms with Gasteiger partial charge in [-0.1, -0.05) is 116 Å². The second-order valence-corrected chi connectivity index (χ2v) is 10.9. The van der Waals surface area contributed by atoms with Crippen molar-refractivity contribution in [3.05, 3.63) is 170 Å². The van der Waals surface area contributed by atoms with Gasteiger partial charge in [-0.05, 0) is 100 Å². The molecule has 0 bridgehead atoms. The predicted octanol–water partition coefficient (Wildman–Crippen LogP) is 11.4. The Bertz CT molecular complexity index is 2230. The number of fused-ring (bicyclic) bond motifs is 6. The molecule has 1 heterocycles. The van der Waals surface area contributed by atoms with E-state index in [1.165, 1.54) is 71.9 Å². The van der Waals surface area contributed by atoms with Crippen molar-refractivity contribution in [3.8, 4) is 16.8 Å². The molecule has 214 valence electrons. The van der Waals surface area contributed by atoms with Crippen LogP contribution in [-0.4, -0.2) is 4.57 Å². The Hall–Kier alpha value is -5.60. The first-order valence-corrected chi connectivity index (χ1v) is 14.9. The third-order valence-corrected chi connectivity index (χ3v) is 8.29. The van der Waals surface area contributed by atoms with Gasteiger partial charge in [0.25, 0.3) is 0 Å². The molecular formula is C42H36N2. The van der Waals surface area contributed by atoms with Crippen molar-refractivity contribution in [2.75, 3.05) is 0 Å². The Balaban J connectivity index is 0.000000523. The molecule has 1 aromatic heterocycles. The van der Waals surface area contributed by atoms with Crippen molar-refractivity contribution in [3.63, 3.8) is 0 Å². The number of rotatable bonds is 5. The lowest BCUT2D eigenvalue weighted by molar-refractivity contribution is 1.19. The monoisotopic (exact) mass is 568 g/mol. The fraction of sp³-hybridized carbons (Fsp3) is 0.0476. The smallest absolute Gasteiger partial charge is 0.0619 e. The second kappa shape index (κ2) is 12.3. The second-order valence-electron chi connectivity index (χ2n) is 10.9. The first-order chi connectivity index (χ1) is 21.6. The summed E-state index contributed by atoms with van der Waals surface area (Å²) in [5.74, 6) is 0. The molecular weight excluding hydrogens is 532 g/mol. The van der Waals surface area contributed by atoms with Crippen LogP contribution in [0.25, 0.3) is 65.7 Å². The van der Waals surface area contributed by atoms with E-state index in [4.69, 9.17) is 5.73 Å². The lowest BCUT2D eigenvalue weighted by Crippen LogP contribution is -1.94. The first-order valence-electron chi connectivity index (χ1n) is 14.9. The van der Waals surface area contributed by atoms with Gasteiger partial charge in [-0.15, -0.1) is 0 Å². The van der Waals surface area contributed by atoms with Crippen LogP contribution in [0.15, 0.2) is 164 Å². The Morgan fingerprint density at radius 1 is 0.636 bits per heavy atom. The van der Waals surface area contributed by atoms with Crippen LogP contribution >= 0.6 is 0 Å². The van der Waals surface area contributed by atoms with E-state index in [-0.39, 0.29) is 0 Å². The predicted molar refractivity (Wildman–Crippen MR) is 193 cm³/mol. The summed E-state index contributed by atoms with van der Waals surface area (Å²) in [5.41, 5.74) is 14.5. The van der Waals surface area contributed by atoms with Crippen molar-refractivity contribution in [2.24, 2.45) is 5.73 Å². The number of para-hydroxylation sites is 2. The standard InChI is InChI=1S/C37H27N.C5H9N/c1-3-25(4-2)26-14-15-28-23-29(17-16-27(28)22-26)30-18-20-33-31(24-30)19-21-35-34-12-8-9-13-36(34)38(37(33)35)32-10-6-5-7-11-32;1-3-5(2)4-6/h3-24H,1H2,2H3;3-4H,1,6H2,2H3/b25-4+;5-4-. The highest BCUT2D eigenvalue weighted by atomic mass is 15.0. The molecule has 7 rings (SSSR count).